The Balaban J connectivity index is 1.61. The van der Waals surface area contributed by atoms with Crippen LogP contribution in [0.15, 0.2) is 108 Å². The lowest BCUT2D eigenvalue weighted by Crippen LogP contribution is -2.45. The standard InChI is InChI=1S/C29H26N4O6S/c1-20-15-17-22(18-16-20)40(38,39)32-24-12-6-5-11-23(24)28(34)31-26(19-21-9-3-2-4-10-21)29(35)30-25-13-7-8-14-27(25)33(36)37/h2-18,26,32H,19H2,1H3,(H,30,35)(H,31,34). The largest absolute Gasteiger partial charge is 0.340 e. The molecule has 11 heteroatoms. The highest BCUT2D eigenvalue weighted by Crippen LogP contribution is 2.24. The first kappa shape index (κ1) is 28.0. The minimum Gasteiger partial charge on any atom is -0.340 e. The molecule has 0 aromatic heterocycles. The van der Waals surface area contributed by atoms with Crippen molar-refractivity contribution in [3.05, 3.63) is 130 Å². The van der Waals surface area contributed by atoms with Crippen LogP contribution < -0.4 is 15.4 Å². The van der Waals surface area contributed by atoms with Gasteiger partial charge in [0.05, 0.1) is 21.1 Å². The van der Waals surface area contributed by atoms with Crippen LogP contribution in [0.2, 0.25) is 0 Å². The van der Waals surface area contributed by atoms with Crippen LogP contribution >= 0.6 is 0 Å². The number of aryl methyl sites for hydroxylation is 1. The fraction of sp³-hybridized carbons (Fsp3) is 0.103. The summed E-state index contributed by atoms with van der Waals surface area (Å²) in [5, 5.41) is 16.6. The van der Waals surface area contributed by atoms with Crippen LogP contribution in [0.4, 0.5) is 17.1 Å². The summed E-state index contributed by atoms with van der Waals surface area (Å²) in [6.45, 7) is 1.83. The smallest absolute Gasteiger partial charge is 0.292 e. The molecule has 3 N–H and O–H groups in total. The highest BCUT2D eigenvalue weighted by molar-refractivity contribution is 7.92. The Morgan fingerprint density at radius 1 is 0.825 bits per heavy atom. The third kappa shape index (κ3) is 6.88. The highest BCUT2D eigenvalue weighted by Gasteiger charge is 2.26. The van der Waals surface area contributed by atoms with Crippen LogP contribution in [-0.4, -0.2) is 31.2 Å². The van der Waals surface area contributed by atoms with Gasteiger partial charge < -0.3 is 10.6 Å². The van der Waals surface area contributed by atoms with Crippen molar-refractivity contribution in [2.75, 3.05) is 10.0 Å². The fourth-order valence-electron chi connectivity index (χ4n) is 3.94. The van der Waals surface area contributed by atoms with E-state index < -0.39 is 32.8 Å². The molecule has 4 aromatic carbocycles. The Kier molecular flexibility index (Phi) is 8.55. The number of hydrogen-bond donors (Lipinski definition) is 3. The number of rotatable bonds is 10. The number of anilines is 2. The van der Waals surface area contributed by atoms with E-state index in [4.69, 9.17) is 0 Å². The molecule has 0 bridgehead atoms. The molecule has 0 saturated carbocycles. The minimum absolute atomic E-state index is 0.00487. The minimum atomic E-state index is -4.01. The van der Waals surface area contributed by atoms with Gasteiger partial charge in [-0.15, -0.1) is 0 Å². The molecule has 4 rings (SSSR count). The van der Waals surface area contributed by atoms with E-state index in [2.05, 4.69) is 15.4 Å². The second-order valence-corrected chi connectivity index (χ2v) is 10.6. The van der Waals surface area contributed by atoms with E-state index in [-0.39, 0.29) is 33.9 Å². The molecule has 0 heterocycles. The van der Waals surface area contributed by atoms with Gasteiger partial charge in [-0.3, -0.25) is 24.4 Å². The number of nitrogens with zero attached hydrogens (tertiary/aromatic N) is 1. The summed E-state index contributed by atoms with van der Waals surface area (Å²) in [5.41, 5.74) is 1.33. The molecule has 0 fully saturated rings. The van der Waals surface area contributed by atoms with Crippen molar-refractivity contribution in [3.8, 4) is 0 Å². The normalized spacial score (nSPS) is 11.7. The number of sulfonamides is 1. The number of amides is 2. The van der Waals surface area contributed by atoms with Gasteiger partial charge in [0, 0.05) is 12.5 Å². The van der Waals surface area contributed by atoms with Crippen molar-refractivity contribution in [3.63, 3.8) is 0 Å². The summed E-state index contributed by atoms with van der Waals surface area (Å²) in [7, 11) is -4.01. The lowest BCUT2D eigenvalue weighted by Gasteiger charge is -2.20. The molecular formula is C29H26N4O6S. The molecule has 1 unspecified atom stereocenters. The first-order chi connectivity index (χ1) is 19.1. The predicted molar refractivity (Wildman–Crippen MR) is 152 cm³/mol. The topological polar surface area (TPSA) is 148 Å². The molecule has 0 aliphatic heterocycles. The summed E-state index contributed by atoms with van der Waals surface area (Å²) >= 11 is 0. The number of nitrogens with one attached hydrogen (secondary N) is 3. The van der Waals surface area contributed by atoms with E-state index in [0.29, 0.717) is 0 Å². The van der Waals surface area contributed by atoms with Gasteiger partial charge in [-0.25, -0.2) is 8.42 Å². The van der Waals surface area contributed by atoms with Crippen LogP contribution in [0.3, 0.4) is 0 Å². The van der Waals surface area contributed by atoms with Gasteiger partial charge in [0.1, 0.15) is 11.7 Å². The van der Waals surface area contributed by atoms with Gasteiger partial charge in [-0.1, -0.05) is 72.3 Å². The molecule has 204 valence electrons. The summed E-state index contributed by atoms with van der Waals surface area (Å²) in [4.78, 5) is 37.6. The average Bonchev–Trinajstić information content (AvgIpc) is 2.93. The quantitative estimate of drug-likeness (QED) is 0.190. The van der Waals surface area contributed by atoms with E-state index in [0.717, 1.165) is 11.1 Å². The van der Waals surface area contributed by atoms with Crippen LogP contribution in [-0.2, 0) is 21.2 Å². The number of hydrogen-bond acceptors (Lipinski definition) is 6. The van der Waals surface area contributed by atoms with Crippen molar-refractivity contribution in [1.82, 2.24) is 5.32 Å². The monoisotopic (exact) mass is 558 g/mol. The predicted octanol–water partition coefficient (Wildman–Crippen LogP) is 4.68. The molecule has 0 radical (unpaired) electrons. The zero-order valence-electron chi connectivity index (χ0n) is 21.4. The van der Waals surface area contributed by atoms with Gasteiger partial charge >= 0.3 is 0 Å². The summed E-state index contributed by atoms with van der Waals surface area (Å²) in [6.07, 6.45) is 0.0797. The Labute approximate surface area is 231 Å². The summed E-state index contributed by atoms with van der Waals surface area (Å²) in [6, 6.07) is 25.7. The third-order valence-corrected chi connectivity index (χ3v) is 7.39. The molecule has 0 aliphatic carbocycles. The summed E-state index contributed by atoms with van der Waals surface area (Å²) < 4.78 is 28.4. The van der Waals surface area contributed by atoms with Gasteiger partial charge in [0.25, 0.3) is 21.6 Å². The first-order valence-electron chi connectivity index (χ1n) is 12.2. The molecule has 0 aliphatic rings. The van der Waals surface area contributed by atoms with Crippen LogP contribution in [0, 0.1) is 17.0 Å². The molecule has 1 atom stereocenters. The highest BCUT2D eigenvalue weighted by atomic mass is 32.2. The molecule has 0 spiro atoms. The lowest BCUT2D eigenvalue weighted by atomic mass is 10.0. The number of carbonyl (C=O) groups excluding carboxylic acids is 2. The van der Waals surface area contributed by atoms with Gasteiger partial charge in [-0.2, -0.15) is 0 Å². The Hall–Kier alpha value is -5.03. The zero-order chi connectivity index (χ0) is 28.7. The van der Waals surface area contributed by atoms with Crippen molar-refractivity contribution < 1.29 is 22.9 Å². The Bertz CT molecular complexity index is 1640. The van der Waals surface area contributed by atoms with Crippen LogP contribution in [0.25, 0.3) is 0 Å². The summed E-state index contributed by atoms with van der Waals surface area (Å²) in [5.74, 6) is -1.38. The molecule has 4 aromatic rings. The number of carbonyl (C=O) groups is 2. The van der Waals surface area contributed by atoms with Crippen molar-refractivity contribution in [2.45, 2.75) is 24.3 Å². The third-order valence-electron chi connectivity index (χ3n) is 6.01. The molecular weight excluding hydrogens is 532 g/mol. The van der Waals surface area contributed by atoms with Gasteiger partial charge in [-0.05, 0) is 42.8 Å². The molecule has 10 nitrogen and oxygen atoms in total. The van der Waals surface area contributed by atoms with E-state index in [1.807, 2.05) is 6.92 Å². The van der Waals surface area contributed by atoms with Crippen molar-refractivity contribution >= 4 is 38.9 Å². The van der Waals surface area contributed by atoms with Crippen LogP contribution in [0.1, 0.15) is 21.5 Å². The first-order valence-corrected chi connectivity index (χ1v) is 13.7. The second-order valence-electron chi connectivity index (χ2n) is 8.94. The number of nitro groups is 1. The fourth-order valence-corrected chi connectivity index (χ4v) is 5.02. The Morgan fingerprint density at radius 3 is 2.10 bits per heavy atom. The number of benzene rings is 4. The van der Waals surface area contributed by atoms with Gasteiger partial charge in [0.2, 0.25) is 5.91 Å². The average molecular weight is 559 g/mol. The van der Waals surface area contributed by atoms with Crippen LogP contribution in [0.5, 0.6) is 0 Å². The maximum atomic E-state index is 13.4. The lowest BCUT2D eigenvalue weighted by molar-refractivity contribution is -0.383. The molecule has 2 amide bonds. The van der Waals surface area contributed by atoms with E-state index in [1.165, 1.54) is 42.5 Å². The maximum absolute atomic E-state index is 13.4. The Morgan fingerprint density at radius 2 is 1.43 bits per heavy atom. The van der Waals surface area contributed by atoms with Gasteiger partial charge in [0.15, 0.2) is 0 Å². The van der Waals surface area contributed by atoms with Crippen molar-refractivity contribution in [2.24, 2.45) is 0 Å². The number of para-hydroxylation sites is 3. The van der Waals surface area contributed by atoms with E-state index in [1.54, 1.807) is 60.7 Å². The molecule has 40 heavy (non-hydrogen) atoms. The van der Waals surface area contributed by atoms with E-state index in [9.17, 15) is 28.1 Å². The van der Waals surface area contributed by atoms with E-state index >= 15 is 0 Å². The number of nitro benzene ring substituents is 1. The van der Waals surface area contributed by atoms with Crippen molar-refractivity contribution in [1.29, 1.82) is 0 Å². The SMILES string of the molecule is Cc1ccc(S(=O)(=O)Nc2ccccc2C(=O)NC(Cc2ccccc2)C(=O)Nc2ccccc2[N+](=O)[O-])cc1. The second kappa shape index (κ2) is 12.2. The zero-order valence-corrected chi connectivity index (χ0v) is 22.2. The maximum Gasteiger partial charge on any atom is 0.292 e. The molecule has 0 saturated heterocycles.